The Balaban J connectivity index is 2.60. The highest BCUT2D eigenvalue weighted by molar-refractivity contribution is 9.10. The van der Waals surface area contributed by atoms with E-state index in [4.69, 9.17) is 4.74 Å². The maximum absolute atomic E-state index is 10.7. The van der Waals surface area contributed by atoms with Crippen LogP contribution in [0, 0.1) is 6.92 Å². The molecule has 0 unspecified atom stereocenters. The Kier molecular flexibility index (Phi) is 5.41. The fraction of sp³-hybridized carbons (Fsp3) is 0.500. The lowest BCUT2D eigenvalue weighted by Gasteiger charge is -2.17. The summed E-state index contributed by atoms with van der Waals surface area (Å²) in [5.74, 6) is 0.518. The Morgan fingerprint density at radius 2 is 2.35 bits per heavy atom. The number of nitrogens with zero attached hydrogens (tertiary/aromatic N) is 1. The van der Waals surface area contributed by atoms with Crippen molar-refractivity contribution in [3.8, 4) is 0 Å². The normalized spacial score (nSPS) is 12.0. The summed E-state index contributed by atoms with van der Waals surface area (Å²) in [5.41, 5.74) is 1.09. The number of halogens is 1. The molecule has 5 heteroatoms. The first kappa shape index (κ1) is 14.0. The van der Waals surface area contributed by atoms with Crippen molar-refractivity contribution in [3.63, 3.8) is 0 Å². The molecule has 4 nitrogen and oxygen atoms in total. The summed E-state index contributed by atoms with van der Waals surface area (Å²) < 4.78 is 5.99. The van der Waals surface area contributed by atoms with Crippen molar-refractivity contribution < 1.29 is 9.53 Å². The molecule has 0 fully saturated rings. The van der Waals surface area contributed by atoms with E-state index in [2.05, 4.69) is 26.2 Å². The van der Waals surface area contributed by atoms with Crippen LogP contribution >= 0.6 is 15.9 Å². The second-order valence-electron chi connectivity index (χ2n) is 3.87. The highest BCUT2D eigenvalue weighted by Gasteiger charge is 2.09. The van der Waals surface area contributed by atoms with Crippen LogP contribution in [0.1, 0.15) is 25.8 Å². The summed E-state index contributed by atoms with van der Waals surface area (Å²) in [5, 5.41) is 3.23. The topological polar surface area (TPSA) is 51.2 Å². The summed E-state index contributed by atoms with van der Waals surface area (Å²) in [6.45, 7) is 5.79. The van der Waals surface area contributed by atoms with E-state index in [9.17, 15) is 4.79 Å². The number of hydrogen-bond acceptors (Lipinski definition) is 4. The SMILES string of the molecule is CC[C@@H](COC(C)=O)Nc1cc(Br)c(C)cn1. The summed E-state index contributed by atoms with van der Waals surface area (Å²) >= 11 is 3.45. The molecule has 1 aromatic rings. The number of carbonyl (C=O) groups excluding carboxylic acids is 1. The molecular formula is C12H17BrN2O2. The Hall–Kier alpha value is -1.10. The summed E-state index contributed by atoms with van der Waals surface area (Å²) in [7, 11) is 0. The zero-order chi connectivity index (χ0) is 12.8. The average molecular weight is 301 g/mol. The Labute approximate surface area is 110 Å². The lowest BCUT2D eigenvalue weighted by Crippen LogP contribution is -2.26. The highest BCUT2D eigenvalue weighted by Crippen LogP contribution is 2.18. The number of aromatic nitrogens is 1. The van der Waals surface area contributed by atoms with Gasteiger partial charge in [0, 0.05) is 17.6 Å². The molecule has 1 rings (SSSR count). The zero-order valence-electron chi connectivity index (χ0n) is 10.3. The van der Waals surface area contributed by atoms with Crippen LogP contribution in [0.2, 0.25) is 0 Å². The number of rotatable bonds is 5. The van der Waals surface area contributed by atoms with Crippen molar-refractivity contribution in [1.82, 2.24) is 4.98 Å². The van der Waals surface area contributed by atoms with Gasteiger partial charge in [0.2, 0.25) is 0 Å². The van der Waals surface area contributed by atoms with Crippen molar-refractivity contribution >= 4 is 27.7 Å². The van der Waals surface area contributed by atoms with Gasteiger partial charge in [0.25, 0.3) is 0 Å². The van der Waals surface area contributed by atoms with Gasteiger partial charge in [-0.05, 0) is 25.0 Å². The van der Waals surface area contributed by atoms with Crippen molar-refractivity contribution in [1.29, 1.82) is 0 Å². The summed E-state index contributed by atoms with van der Waals surface area (Å²) in [4.78, 5) is 15.0. The Morgan fingerprint density at radius 3 is 2.88 bits per heavy atom. The predicted octanol–water partition coefficient (Wildman–Crippen LogP) is 2.91. The molecule has 1 N–H and O–H groups in total. The molecule has 0 aliphatic rings. The van der Waals surface area contributed by atoms with Crippen molar-refractivity contribution in [2.45, 2.75) is 33.2 Å². The van der Waals surface area contributed by atoms with E-state index in [0.29, 0.717) is 6.61 Å². The molecule has 0 bridgehead atoms. The van der Waals surface area contributed by atoms with E-state index in [1.54, 1.807) is 6.20 Å². The van der Waals surface area contributed by atoms with Gasteiger partial charge in [0.15, 0.2) is 0 Å². The molecule has 0 aromatic carbocycles. The van der Waals surface area contributed by atoms with Crippen molar-refractivity contribution in [2.24, 2.45) is 0 Å². The van der Waals surface area contributed by atoms with Gasteiger partial charge in [0.05, 0.1) is 6.04 Å². The number of nitrogens with one attached hydrogen (secondary N) is 1. The summed E-state index contributed by atoms with van der Waals surface area (Å²) in [6.07, 6.45) is 2.66. The number of ether oxygens (including phenoxy) is 1. The van der Waals surface area contributed by atoms with Gasteiger partial charge in [-0.25, -0.2) is 4.98 Å². The van der Waals surface area contributed by atoms with Crippen LogP contribution < -0.4 is 5.32 Å². The number of pyridine rings is 1. The van der Waals surface area contributed by atoms with Gasteiger partial charge < -0.3 is 10.1 Å². The minimum Gasteiger partial charge on any atom is -0.464 e. The minimum absolute atomic E-state index is 0.0843. The van der Waals surface area contributed by atoms with E-state index in [1.807, 2.05) is 19.9 Å². The van der Waals surface area contributed by atoms with Gasteiger partial charge in [0.1, 0.15) is 12.4 Å². The standard InChI is InChI=1S/C12H17BrN2O2/c1-4-10(7-17-9(3)16)15-12-5-11(13)8(2)6-14-12/h5-6,10H,4,7H2,1-3H3,(H,14,15)/t10-/m0/s1. The zero-order valence-corrected chi connectivity index (χ0v) is 11.9. The minimum atomic E-state index is -0.261. The third kappa shape index (κ3) is 4.73. The maximum atomic E-state index is 10.7. The predicted molar refractivity (Wildman–Crippen MR) is 71.0 cm³/mol. The van der Waals surface area contributed by atoms with Crippen LogP contribution in [0.4, 0.5) is 5.82 Å². The fourth-order valence-electron chi connectivity index (χ4n) is 1.27. The third-order valence-electron chi connectivity index (χ3n) is 2.37. The molecule has 1 heterocycles. The van der Waals surface area contributed by atoms with Crippen molar-refractivity contribution in [2.75, 3.05) is 11.9 Å². The van der Waals surface area contributed by atoms with E-state index < -0.39 is 0 Å². The summed E-state index contributed by atoms with van der Waals surface area (Å²) in [6, 6.07) is 2.01. The van der Waals surface area contributed by atoms with Gasteiger partial charge in [-0.3, -0.25) is 4.79 Å². The number of esters is 1. The van der Waals surface area contributed by atoms with Crippen LogP contribution in [0.5, 0.6) is 0 Å². The van der Waals surface area contributed by atoms with Crippen molar-refractivity contribution in [3.05, 3.63) is 22.3 Å². The Morgan fingerprint density at radius 1 is 1.65 bits per heavy atom. The molecule has 1 atom stereocenters. The third-order valence-corrected chi connectivity index (χ3v) is 3.22. The molecule has 0 spiro atoms. The van der Waals surface area contributed by atoms with Gasteiger partial charge in [-0.2, -0.15) is 0 Å². The molecule has 17 heavy (non-hydrogen) atoms. The number of aryl methyl sites for hydroxylation is 1. The lowest BCUT2D eigenvalue weighted by atomic mass is 10.2. The number of hydrogen-bond donors (Lipinski definition) is 1. The van der Waals surface area contributed by atoms with E-state index in [0.717, 1.165) is 22.3 Å². The first-order chi connectivity index (χ1) is 8.02. The smallest absolute Gasteiger partial charge is 0.302 e. The number of anilines is 1. The lowest BCUT2D eigenvalue weighted by molar-refractivity contribution is -0.141. The van der Waals surface area contributed by atoms with Crippen LogP contribution in [-0.2, 0) is 9.53 Å². The Bertz CT molecular complexity index is 396. The molecule has 0 aliphatic carbocycles. The molecule has 0 radical (unpaired) electrons. The maximum Gasteiger partial charge on any atom is 0.302 e. The van der Waals surface area contributed by atoms with Gasteiger partial charge in [-0.1, -0.05) is 22.9 Å². The highest BCUT2D eigenvalue weighted by atomic mass is 79.9. The second kappa shape index (κ2) is 6.59. The number of carbonyl (C=O) groups is 1. The van der Waals surface area contributed by atoms with Crippen LogP contribution in [0.25, 0.3) is 0 Å². The van der Waals surface area contributed by atoms with Gasteiger partial charge >= 0.3 is 5.97 Å². The molecular weight excluding hydrogens is 284 g/mol. The molecule has 1 aromatic heterocycles. The first-order valence-corrected chi connectivity index (χ1v) is 6.34. The first-order valence-electron chi connectivity index (χ1n) is 5.55. The van der Waals surface area contributed by atoms with Gasteiger partial charge in [-0.15, -0.1) is 0 Å². The van der Waals surface area contributed by atoms with E-state index in [-0.39, 0.29) is 12.0 Å². The second-order valence-corrected chi connectivity index (χ2v) is 4.73. The molecule has 94 valence electrons. The van der Waals surface area contributed by atoms with Crippen LogP contribution in [-0.4, -0.2) is 23.6 Å². The molecule has 0 amide bonds. The van der Waals surface area contributed by atoms with Crippen LogP contribution in [0.3, 0.4) is 0 Å². The fourth-order valence-corrected chi connectivity index (χ4v) is 1.59. The molecule has 0 saturated carbocycles. The van der Waals surface area contributed by atoms with E-state index in [1.165, 1.54) is 6.92 Å². The van der Waals surface area contributed by atoms with E-state index >= 15 is 0 Å². The average Bonchev–Trinajstić information content (AvgIpc) is 2.28. The molecule has 0 saturated heterocycles. The molecule has 0 aliphatic heterocycles. The monoisotopic (exact) mass is 300 g/mol. The largest absolute Gasteiger partial charge is 0.464 e. The quantitative estimate of drug-likeness (QED) is 0.850. The van der Waals surface area contributed by atoms with Crippen LogP contribution in [0.15, 0.2) is 16.7 Å².